The third kappa shape index (κ3) is 31.2. The van der Waals surface area contributed by atoms with Crippen molar-refractivity contribution in [2.45, 2.75) is 43.8 Å². The summed E-state index contributed by atoms with van der Waals surface area (Å²) in [6.45, 7) is 7.95. The van der Waals surface area contributed by atoms with Crippen LogP contribution in [0.15, 0.2) is 0 Å². The number of aliphatic carboxylic acids is 1. The van der Waals surface area contributed by atoms with E-state index >= 15 is 0 Å². The van der Waals surface area contributed by atoms with Crippen LogP contribution < -0.4 is 10.6 Å². The molecule has 264 valence electrons. The quantitative estimate of drug-likeness (QED) is 0.0506. The van der Waals surface area contributed by atoms with Crippen LogP contribution in [0.3, 0.4) is 0 Å². The topological polar surface area (TPSA) is 169 Å². The summed E-state index contributed by atoms with van der Waals surface area (Å²) in [7, 11) is 3.96. The van der Waals surface area contributed by atoms with E-state index in [2.05, 4.69) is 10.6 Å². The Morgan fingerprint density at radius 1 is 0.578 bits per heavy atom. The van der Waals surface area contributed by atoms with Crippen LogP contribution in [0.4, 0.5) is 0 Å². The minimum atomic E-state index is -1.16. The van der Waals surface area contributed by atoms with Gasteiger partial charge in [0, 0.05) is 30.5 Å². The first-order chi connectivity index (χ1) is 22.1. The summed E-state index contributed by atoms with van der Waals surface area (Å²) in [4.78, 5) is 33.3. The largest absolute Gasteiger partial charge is 0.481 e. The number of ether oxygens (including phenoxy) is 8. The van der Waals surface area contributed by atoms with E-state index in [0.717, 1.165) is 18.1 Å². The van der Waals surface area contributed by atoms with Gasteiger partial charge in [-0.25, -0.2) is 0 Å². The normalized spacial score (nSPS) is 14.5. The molecule has 1 rings (SSSR count). The molecule has 0 aromatic carbocycles. The number of carbonyl (C=O) groups is 3. The Hall–Kier alpha value is -1.21. The second-order valence-corrected chi connectivity index (χ2v) is 12.5. The van der Waals surface area contributed by atoms with Crippen LogP contribution in [-0.2, 0) is 52.3 Å². The molecule has 0 spiro atoms. The third-order valence-corrected chi connectivity index (χ3v) is 8.97. The van der Waals surface area contributed by atoms with Crippen molar-refractivity contribution in [3.63, 3.8) is 0 Å². The van der Waals surface area contributed by atoms with Gasteiger partial charge in [-0.05, 0) is 19.3 Å². The van der Waals surface area contributed by atoms with E-state index in [9.17, 15) is 14.4 Å². The maximum atomic E-state index is 11.9. The van der Waals surface area contributed by atoms with E-state index in [0.29, 0.717) is 112 Å². The minimum absolute atomic E-state index is 0.0996. The lowest BCUT2D eigenvalue weighted by atomic mass is 10.1. The molecule has 14 nitrogen and oxygen atoms in total. The van der Waals surface area contributed by atoms with Gasteiger partial charge in [-0.2, -0.15) is 0 Å². The van der Waals surface area contributed by atoms with Crippen LogP contribution in [0.2, 0.25) is 0 Å². The minimum Gasteiger partial charge on any atom is -0.481 e. The van der Waals surface area contributed by atoms with Crippen LogP contribution in [0, 0.1) is 0 Å². The third-order valence-electron chi connectivity index (χ3n) is 5.96. The molecule has 16 heteroatoms. The number of carboxylic acids is 1. The number of hydrogen-bond donors (Lipinski definition) is 3. The van der Waals surface area contributed by atoms with Crippen molar-refractivity contribution in [1.82, 2.24) is 10.6 Å². The van der Waals surface area contributed by atoms with Gasteiger partial charge >= 0.3 is 5.97 Å². The fourth-order valence-corrected chi connectivity index (χ4v) is 6.70. The molecule has 1 fully saturated rings. The van der Waals surface area contributed by atoms with Crippen LogP contribution in [-0.4, -0.2) is 153 Å². The lowest BCUT2D eigenvalue weighted by Gasteiger charge is -2.09. The van der Waals surface area contributed by atoms with Crippen molar-refractivity contribution in [3.8, 4) is 0 Å². The number of amides is 2. The molecule has 2 amide bonds. The Kier molecular flexibility index (Phi) is 30.4. The second kappa shape index (κ2) is 32.7. The highest BCUT2D eigenvalue weighted by atomic mass is 33.1. The van der Waals surface area contributed by atoms with E-state index in [1.807, 2.05) is 21.6 Å². The van der Waals surface area contributed by atoms with Crippen LogP contribution in [0.25, 0.3) is 0 Å². The molecule has 1 saturated heterocycles. The molecule has 0 saturated carbocycles. The van der Waals surface area contributed by atoms with Gasteiger partial charge < -0.3 is 53.6 Å². The van der Waals surface area contributed by atoms with E-state index in [1.165, 1.54) is 18.6 Å². The van der Waals surface area contributed by atoms with E-state index in [-0.39, 0.29) is 19.1 Å². The molecule has 0 aromatic heterocycles. The van der Waals surface area contributed by atoms with Gasteiger partial charge in [-0.1, -0.05) is 28.0 Å². The number of carboxylic acid groups (broad SMARTS) is 1. The highest BCUT2D eigenvalue weighted by molar-refractivity contribution is 8.77. The number of rotatable bonds is 34. The summed E-state index contributed by atoms with van der Waals surface area (Å²) in [5.74, 6) is -0.343. The van der Waals surface area contributed by atoms with Gasteiger partial charge in [0.05, 0.1) is 106 Å². The SMILES string of the molecule is O=C(O)CC(=O)NCCOCCOCCOCCOCCOCCOCCOCCOCCNC(=O)CCCCC1CCSS1. The van der Waals surface area contributed by atoms with Crippen molar-refractivity contribution in [1.29, 1.82) is 0 Å². The Morgan fingerprint density at radius 3 is 1.36 bits per heavy atom. The molecule has 0 aliphatic carbocycles. The molecule has 1 aliphatic heterocycles. The molecule has 0 bridgehead atoms. The first kappa shape index (κ1) is 41.8. The Labute approximate surface area is 275 Å². The molecule has 1 aliphatic rings. The summed E-state index contributed by atoms with van der Waals surface area (Å²) in [5, 5.41) is 14.6. The first-order valence-corrected chi connectivity index (χ1v) is 18.1. The highest BCUT2D eigenvalue weighted by Crippen LogP contribution is 2.39. The summed E-state index contributed by atoms with van der Waals surface area (Å²) >= 11 is 0. The molecule has 1 atom stereocenters. The van der Waals surface area contributed by atoms with Gasteiger partial charge in [0.1, 0.15) is 6.42 Å². The predicted octanol–water partition coefficient (Wildman–Crippen LogP) is 1.54. The van der Waals surface area contributed by atoms with Gasteiger partial charge in [0.15, 0.2) is 0 Å². The molecule has 45 heavy (non-hydrogen) atoms. The van der Waals surface area contributed by atoms with Crippen LogP contribution in [0.1, 0.15) is 38.5 Å². The van der Waals surface area contributed by atoms with Crippen molar-refractivity contribution in [2.75, 3.05) is 125 Å². The molecule has 0 radical (unpaired) electrons. The maximum Gasteiger partial charge on any atom is 0.312 e. The average molecular weight is 687 g/mol. The average Bonchev–Trinajstić information content (AvgIpc) is 3.54. The van der Waals surface area contributed by atoms with Gasteiger partial charge in [-0.3, -0.25) is 14.4 Å². The number of carbonyl (C=O) groups excluding carboxylic acids is 2. The zero-order valence-corrected chi connectivity index (χ0v) is 28.1. The molecular formula is C29H54N2O12S2. The monoisotopic (exact) mass is 686 g/mol. The molecular weight excluding hydrogens is 632 g/mol. The van der Waals surface area contributed by atoms with Crippen molar-refractivity contribution < 1.29 is 57.4 Å². The molecule has 0 aromatic rings. The van der Waals surface area contributed by atoms with Gasteiger partial charge in [0.25, 0.3) is 0 Å². The Balaban J connectivity index is 1.64. The smallest absolute Gasteiger partial charge is 0.312 e. The predicted molar refractivity (Wildman–Crippen MR) is 172 cm³/mol. The molecule has 1 unspecified atom stereocenters. The van der Waals surface area contributed by atoms with Crippen LogP contribution >= 0.6 is 21.6 Å². The second-order valence-electron chi connectivity index (χ2n) is 9.74. The number of hydrogen-bond acceptors (Lipinski definition) is 13. The summed E-state index contributed by atoms with van der Waals surface area (Å²) < 4.78 is 43.4. The zero-order valence-electron chi connectivity index (χ0n) is 26.5. The lowest BCUT2D eigenvalue weighted by molar-refractivity contribution is -0.140. The summed E-state index contributed by atoms with van der Waals surface area (Å²) in [5.41, 5.74) is 0. The van der Waals surface area contributed by atoms with E-state index < -0.39 is 18.3 Å². The van der Waals surface area contributed by atoms with Gasteiger partial charge in [-0.15, -0.1) is 0 Å². The fraction of sp³-hybridized carbons (Fsp3) is 0.897. The fourth-order valence-electron chi connectivity index (χ4n) is 3.68. The number of unbranched alkanes of at least 4 members (excludes halogenated alkanes) is 1. The van der Waals surface area contributed by atoms with E-state index in [1.54, 1.807) is 0 Å². The van der Waals surface area contributed by atoms with E-state index in [4.69, 9.17) is 43.0 Å². The van der Waals surface area contributed by atoms with Crippen LogP contribution in [0.5, 0.6) is 0 Å². The maximum absolute atomic E-state index is 11.9. The highest BCUT2D eigenvalue weighted by Gasteiger charge is 2.15. The van der Waals surface area contributed by atoms with Crippen molar-refractivity contribution in [3.05, 3.63) is 0 Å². The molecule has 3 N–H and O–H groups in total. The Morgan fingerprint density at radius 2 is 0.978 bits per heavy atom. The standard InChI is InChI=1S/C29H54N2O12S2/c32-27(4-2-1-3-26-5-24-44-45-26)30-6-8-36-10-12-38-14-16-40-18-20-42-22-23-43-21-19-41-17-15-39-13-11-37-9-7-31-28(33)25-29(34)35/h26H,1-25H2,(H,30,32)(H,31,33)(H,34,35). The van der Waals surface area contributed by atoms with Crippen molar-refractivity contribution in [2.24, 2.45) is 0 Å². The zero-order chi connectivity index (χ0) is 32.5. The molecule has 1 heterocycles. The summed E-state index contributed by atoms with van der Waals surface area (Å²) in [6, 6.07) is 0. The summed E-state index contributed by atoms with van der Waals surface area (Å²) in [6.07, 6.45) is 4.64. The lowest BCUT2D eigenvalue weighted by Crippen LogP contribution is -2.29. The first-order valence-electron chi connectivity index (χ1n) is 15.7. The van der Waals surface area contributed by atoms with Crippen molar-refractivity contribution >= 4 is 39.4 Å². The van der Waals surface area contributed by atoms with Gasteiger partial charge in [0.2, 0.25) is 11.8 Å². The number of nitrogens with one attached hydrogen (secondary N) is 2. The Bertz CT molecular complexity index is 721.